The Morgan fingerprint density at radius 3 is 3.21 bits per heavy atom. The van der Waals surface area contributed by atoms with Crippen LogP contribution in [-0.2, 0) is 13.1 Å². The fourth-order valence-corrected chi connectivity index (χ4v) is 1.92. The SMILES string of the molecule is CCn1cccc1CNc1nccs1. The van der Waals surface area contributed by atoms with Crippen molar-refractivity contribution in [3.63, 3.8) is 0 Å². The number of nitrogens with zero attached hydrogens (tertiary/aromatic N) is 2. The Morgan fingerprint density at radius 2 is 2.50 bits per heavy atom. The van der Waals surface area contributed by atoms with E-state index >= 15 is 0 Å². The van der Waals surface area contributed by atoms with Crippen LogP contribution in [0.15, 0.2) is 29.9 Å². The van der Waals surface area contributed by atoms with E-state index in [1.54, 1.807) is 11.3 Å². The molecule has 0 bridgehead atoms. The van der Waals surface area contributed by atoms with Crippen molar-refractivity contribution in [2.24, 2.45) is 0 Å². The lowest BCUT2D eigenvalue weighted by molar-refractivity contribution is 0.724. The second-order valence-corrected chi connectivity index (χ2v) is 3.87. The third-order valence-electron chi connectivity index (χ3n) is 2.12. The number of aryl methyl sites for hydroxylation is 1. The summed E-state index contributed by atoms with van der Waals surface area (Å²) in [4.78, 5) is 4.17. The van der Waals surface area contributed by atoms with Crippen molar-refractivity contribution in [1.29, 1.82) is 0 Å². The molecule has 3 nitrogen and oxygen atoms in total. The highest BCUT2D eigenvalue weighted by Crippen LogP contribution is 2.12. The van der Waals surface area contributed by atoms with Crippen molar-refractivity contribution in [3.05, 3.63) is 35.6 Å². The zero-order valence-electron chi connectivity index (χ0n) is 8.10. The van der Waals surface area contributed by atoms with Gasteiger partial charge in [-0.25, -0.2) is 4.98 Å². The van der Waals surface area contributed by atoms with Crippen molar-refractivity contribution < 1.29 is 0 Å². The van der Waals surface area contributed by atoms with E-state index in [1.165, 1.54) is 5.69 Å². The number of thiazole rings is 1. The van der Waals surface area contributed by atoms with Gasteiger partial charge in [0.1, 0.15) is 0 Å². The lowest BCUT2D eigenvalue weighted by atomic mass is 10.4. The second kappa shape index (κ2) is 4.28. The fraction of sp³-hybridized carbons (Fsp3) is 0.300. The topological polar surface area (TPSA) is 29.9 Å². The predicted octanol–water partition coefficient (Wildman–Crippen LogP) is 2.58. The summed E-state index contributed by atoms with van der Waals surface area (Å²) < 4.78 is 2.22. The summed E-state index contributed by atoms with van der Waals surface area (Å²) in [6.07, 6.45) is 3.91. The molecule has 0 aliphatic heterocycles. The van der Waals surface area contributed by atoms with Crippen molar-refractivity contribution >= 4 is 16.5 Å². The Labute approximate surface area is 87.4 Å². The van der Waals surface area contributed by atoms with Gasteiger partial charge >= 0.3 is 0 Å². The van der Waals surface area contributed by atoms with Gasteiger partial charge in [-0.1, -0.05) is 0 Å². The average molecular weight is 207 g/mol. The molecule has 0 aromatic carbocycles. The van der Waals surface area contributed by atoms with Crippen molar-refractivity contribution in [1.82, 2.24) is 9.55 Å². The molecular formula is C10H13N3S. The van der Waals surface area contributed by atoms with Gasteiger partial charge in [-0.15, -0.1) is 11.3 Å². The van der Waals surface area contributed by atoms with E-state index in [-0.39, 0.29) is 0 Å². The van der Waals surface area contributed by atoms with Gasteiger partial charge in [-0.2, -0.15) is 0 Å². The average Bonchev–Trinajstić information content (AvgIpc) is 2.85. The zero-order valence-corrected chi connectivity index (χ0v) is 8.92. The molecular weight excluding hydrogens is 194 g/mol. The first kappa shape index (κ1) is 9.27. The molecule has 0 atom stereocenters. The molecule has 74 valence electrons. The molecule has 2 aromatic heterocycles. The van der Waals surface area contributed by atoms with Crippen molar-refractivity contribution in [2.45, 2.75) is 20.0 Å². The van der Waals surface area contributed by atoms with E-state index in [0.29, 0.717) is 0 Å². The number of nitrogens with one attached hydrogen (secondary N) is 1. The maximum Gasteiger partial charge on any atom is 0.182 e. The lowest BCUT2D eigenvalue weighted by Crippen LogP contribution is -2.05. The van der Waals surface area contributed by atoms with E-state index in [2.05, 4.69) is 40.1 Å². The van der Waals surface area contributed by atoms with Gasteiger partial charge in [0.15, 0.2) is 5.13 Å². The smallest absolute Gasteiger partial charge is 0.182 e. The van der Waals surface area contributed by atoms with E-state index in [4.69, 9.17) is 0 Å². The number of anilines is 1. The van der Waals surface area contributed by atoms with Crippen LogP contribution in [0.2, 0.25) is 0 Å². The Hall–Kier alpha value is -1.29. The molecule has 0 aliphatic rings. The quantitative estimate of drug-likeness (QED) is 0.835. The number of hydrogen-bond acceptors (Lipinski definition) is 3. The first-order valence-electron chi connectivity index (χ1n) is 4.67. The van der Waals surface area contributed by atoms with Crippen LogP contribution < -0.4 is 5.32 Å². The van der Waals surface area contributed by atoms with Crippen LogP contribution >= 0.6 is 11.3 Å². The second-order valence-electron chi connectivity index (χ2n) is 2.98. The molecule has 2 heterocycles. The third kappa shape index (κ3) is 1.96. The van der Waals surface area contributed by atoms with E-state index in [0.717, 1.165) is 18.2 Å². The summed E-state index contributed by atoms with van der Waals surface area (Å²) >= 11 is 1.63. The number of aromatic nitrogens is 2. The molecule has 0 unspecified atom stereocenters. The molecule has 14 heavy (non-hydrogen) atoms. The molecule has 2 rings (SSSR count). The van der Waals surface area contributed by atoms with Crippen LogP contribution in [0.25, 0.3) is 0 Å². The van der Waals surface area contributed by atoms with Gasteiger partial charge < -0.3 is 9.88 Å². The third-order valence-corrected chi connectivity index (χ3v) is 2.85. The molecule has 1 N–H and O–H groups in total. The van der Waals surface area contributed by atoms with Crippen LogP contribution in [0.5, 0.6) is 0 Å². The summed E-state index contributed by atoms with van der Waals surface area (Å²) in [5, 5.41) is 6.24. The molecule has 0 saturated carbocycles. The van der Waals surface area contributed by atoms with Crippen molar-refractivity contribution in [2.75, 3.05) is 5.32 Å². The standard InChI is InChI=1S/C10H13N3S/c1-2-13-6-3-4-9(13)8-12-10-11-5-7-14-10/h3-7H,2,8H2,1H3,(H,11,12). The summed E-state index contributed by atoms with van der Waals surface area (Å²) in [6.45, 7) is 4.00. The first-order chi connectivity index (χ1) is 6.90. The van der Waals surface area contributed by atoms with Crippen molar-refractivity contribution in [3.8, 4) is 0 Å². The Bertz CT molecular complexity index is 378. The maximum absolute atomic E-state index is 4.17. The minimum absolute atomic E-state index is 0.842. The Kier molecular flexibility index (Phi) is 2.84. The summed E-state index contributed by atoms with van der Waals surface area (Å²) in [5.41, 5.74) is 1.29. The van der Waals surface area contributed by atoms with Gasteiger partial charge in [0.2, 0.25) is 0 Å². The number of rotatable bonds is 4. The lowest BCUT2D eigenvalue weighted by Gasteiger charge is -2.06. The molecule has 0 amide bonds. The van der Waals surface area contributed by atoms with Gasteiger partial charge in [-0.05, 0) is 19.1 Å². The van der Waals surface area contributed by atoms with Gasteiger partial charge in [0.25, 0.3) is 0 Å². The summed E-state index contributed by atoms with van der Waals surface area (Å²) in [6, 6.07) is 4.20. The van der Waals surface area contributed by atoms with Gasteiger partial charge in [-0.3, -0.25) is 0 Å². The monoisotopic (exact) mass is 207 g/mol. The minimum atomic E-state index is 0.842. The van der Waals surface area contributed by atoms with Crippen LogP contribution in [-0.4, -0.2) is 9.55 Å². The van der Waals surface area contributed by atoms with E-state index in [1.807, 2.05) is 11.6 Å². The number of hydrogen-bond donors (Lipinski definition) is 1. The Morgan fingerprint density at radius 1 is 1.57 bits per heavy atom. The van der Waals surface area contributed by atoms with Crippen LogP contribution in [0, 0.1) is 0 Å². The largest absolute Gasteiger partial charge is 0.356 e. The van der Waals surface area contributed by atoms with Gasteiger partial charge in [0, 0.05) is 30.0 Å². The highest BCUT2D eigenvalue weighted by molar-refractivity contribution is 7.13. The zero-order chi connectivity index (χ0) is 9.80. The summed E-state index contributed by atoms with van der Waals surface area (Å²) in [5.74, 6) is 0. The maximum atomic E-state index is 4.17. The minimum Gasteiger partial charge on any atom is -0.356 e. The molecule has 4 heteroatoms. The molecule has 0 spiro atoms. The molecule has 0 saturated heterocycles. The normalized spacial score (nSPS) is 10.4. The predicted molar refractivity (Wildman–Crippen MR) is 59.5 cm³/mol. The van der Waals surface area contributed by atoms with Crippen LogP contribution in [0.4, 0.5) is 5.13 Å². The van der Waals surface area contributed by atoms with Crippen LogP contribution in [0.1, 0.15) is 12.6 Å². The highest BCUT2D eigenvalue weighted by Gasteiger charge is 1.99. The highest BCUT2D eigenvalue weighted by atomic mass is 32.1. The fourth-order valence-electron chi connectivity index (χ4n) is 1.40. The van der Waals surface area contributed by atoms with Crippen LogP contribution in [0.3, 0.4) is 0 Å². The summed E-state index contributed by atoms with van der Waals surface area (Å²) in [7, 11) is 0. The first-order valence-corrected chi connectivity index (χ1v) is 5.55. The molecule has 0 aliphatic carbocycles. The van der Waals surface area contributed by atoms with Gasteiger partial charge in [0.05, 0.1) is 6.54 Å². The molecule has 0 radical (unpaired) electrons. The molecule has 2 aromatic rings. The molecule has 0 fully saturated rings. The van der Waals surface area contributed by atoms with E-state index < -0.39 is 0 Å². The Balaban J connectivity index is 1.98. The van der Waals surface area contributed by atoms with E-state index in [9.17, 15) is 0 Å².